The first kappa shape index (κ1) is 37.0. The average Bonchev–Trinajstić information content (AvgIpc) is 4.02. The van der Waals surface area contributed by atoms with Gasteiger partial charge in [0.1, 0.15) is 0 Å². The first-order chi connectivity index (χ1) is 30.7. The molecule has 1 spiro atoms. The SMILES string of the molecule is c1ccc(N(c2ccccc2)c2ccc3c(c2)[C@@]2(CC3)CCc3ccc(N(c4ccc(C5CCCCC5)cc4)c4ccc5c6ccccc6n(-c6ccccc6)c5c4)cc32)cc1. The second kappa shape index (κ2) is 15.3. The minimum atomic E-state index is -0.0318. The predicted molar refractivity (Wildman–Crippen MR) is 260 cm³/mol. The minimum absolute atomic E-state index is 0.0318. The molecule has 1 heterocycles. The Labute approximate surface area is 365 Å². The summed E-state index contributed by atoms with van der Waals surface area (Å²) in [5.41, 5.74) is 18.2. The highest BCUT2D eigenvalue weighted by atomic mass is 15.1. The van der Waals surface area contributed by atoms with Crippen molar-refractivity contribution in [2.75, 3.05) is 9.80 Å². The van der Waals surface area contributed by atoms with Crippen LogP contribution < -0.4 is 9.80 Å². The molecule has 12 rings (SSSR count). The van der Waals surface area contributed by atoms with E-state index in [4.69, 9.17) is 0 Å². The lowest BCUT2D eigenvalue weighted by Crippen LogP contribution is -2.22. The standard InChI is InChI=1S/C59H51N3/c1-5-15-42(16-6-1)43-25-29-49(30-26-43)61(52-33-34-54-53-23-13-14-24-57(53)62(58(54)41-52)48-21-11-4-12-22-48)51-32-28-45-36-38-59(56(45)40-51)37-35-44-27-31-50(39-55(44)59)60(46-17-7-2-8-18-46)47-19-9-3-10-20-47/h2-4,7-14,17-34,39-42H,1,5-6,15-16,35-38H2/t59-/m1/s1. The average molecular weight is 802 g/mol. The van der Waals surface area contributed by atoms with Crippen LogP contribution in [0.5, 0.6) is 0 Å². The molecule has 1 aromatic heterocycles. The Balaban J connectivity index is 1.01. The van der Waals surface area contributed by atoms with Gasteiger partial charge in [-0.15, -0.1) is 0 Å². The molecule has 302 valence electrons. The van der Waals surface area contributed by atoms with Gasteiger partial charge in [0.05, 0.1) is 11.0 Å². The van der Waals surface area contributed by atoms with Crippen LogP contribution in [0.2, 0.25) is 0 Å². The van der Waals surface area contributed by atoms with E-state index < -0.39 is 0 Å². The second-order valence-corrected chi connectivity index (χ2v) is 17.9. The third-order valence-electron chi connectivity index (χ3n) is 14.6. The Hall–Kier alpha value is -6.84. The van der Waals surface area contributed by atoms with Crippen LogP contribution in [0.4, 0.5) is 34.1 Å². The summed E-state index contributed by atoms with van der Waals surface area (Å²) in [5.74, 6) is 0.663. The third-order valence-corrected chi connectivity index (χ3v) is 14.6. The van der Waals surface area contributed by atoms with Crippen LogP contribution in [0, 0.1) is 0 Å². The van der Waals surface area contributed by atoms with Crippen molar-refractivity contribution in [3.63, 3.8) is 0 Å². The number of benzene rings is 8. The summed E-state index contributed by atoms with van der Waals surface area (Å²) >= 11 is 0. The zero-order chi connectivity index (χ0) is 41.0. The van der Waals surface area contributed by atoms with Crippen molar-refractivity contribution in [1.29, 1.82) is 0 Å². The molecule has 0 radical (unpaired) electrons. The number of anilines is 6. The molecule has 0 N–H and O–H groups in total. The molecule has 1 atom stereocenters. The Morgan fingerprint density at radius 2 is 0.887 bits per heavy atom. The molecule has 0 bridgehead atoms. The Kier molecular flexibility index (Phi) is 9.10. The smallest absolute Gasteiger partial charge is 0.0561 e. The summed E-state index contributed by atoms with van der Waals surface area (Å²) in [6, 6.07) is 72.8. The lowest BCUT2D eigenvalue weighted by molar-refractivity contribution is 0.443. The summed E-state index contributed by atoms with van der Waals surface area (Å²) in [6.45, 7) is 0. The van der Waals surface area contributed by atoms with E-state index in [-0.39, 0.29) is 5.41 Å². The molecule has 3 heteroatoms. The zero-order valence-corrected chi connectivity index (χ0v) is 35.3. The lowest BCUT2D eigenvalue weighted by Gasteiger charge is -2.32. The molecule has 8 aromatic carbocycles. The molecule has 0 amide bonds. The van der Waals surface area contributed by atoms with Crippen LogP contribution in [-0.4, -0.2) is 4.57 Å². The Morgan fingerprint density at radius 1 is 0.403 bits per heavy atom. The van der Waals surface area contributed by atoms with E-state index in [1.165, 1.54) is 122 Å². The second-order valence-electron chi connectivity index (χ2n) is 17.9. The van der Waals surface area contributed by atoms with Crippen molar-refractivity contribution in [3.8, 4) is 5.69 Å². The van der Waals surface area contributed by atoms with Gasteiger partial charge in [0, 0.05) is 56.0 Å². The number of hydrogen-bond donors (Lipinski definition) is 0. The van der Waals surface area contributed by atoms with E-state index in [1.54, 1.807) is 0 Å². The van der Waals surface area contributed by atoms with Crippen LogP contribution in [-0.2, 0) is 18.3 Å². The fourth-order valence-electron chi connectivity index (χ4n) is 11.6. The highest BCUT2D eigenvalue weighted by Crippen LogP contribution is 2.55. The Morgan fingerprint density at radius 3 is 1.52 bits per heavy atom. The molecular formula is C59H51N3. The normalized spacial score (nSPS) is 17.1. The van der Waals surface area contributed by atoms with E-state index in [0.717, 1.165) is 25.7 Å². The quantitative estimate of drug-likeness (QED) is 0.152. The number of para-hydroxylation sites is 4. The van der Waals surface area contributed by atoms with E-state index >= 15 is 0 Å². The van der Waals surface area contributed by atoms with E-state index in [9.17, 15) is 0 Å². The molecule has 0 aliphatic heterocycles. The molecular weight excluding hydrogens is 751 g/mol. The van der Waals surface area contributed by atoms with Crippen molar-refractivity contribution >= 4 is 55.9 Å². The fraction of sp³-hybridized carbons (Fsp3) is 0.186. The monoisotopic (exact) mass is 801 g/mol. The molecule has 0 unspecified atom stereocenters. The van der Waals surface area contributed by atoms with Crippen molar-refractivity contribution in [1.82, 2.24) is 4.57 Å². The number of hydrogen-bond acceptors (Lipinski definition) is 2. The van der Waals surface area contributed by atoms with Crippen molar-refractivity contribution in [2.45, 2.75) is 69.1 Å². The molecule has 1 fully saturated rings. The molecule has 3 nitrogen and oxygen atoms in total. The van der Waals surface area contributed by atoms with Crippen molar-refractivity contribution in [2.24, 2.45) is 0 Å². The summed E-state index contributed by atoms with van der Waals surface area (Å²) in [4.78, 5) is 4.95. The number of aromatic nitrogens is 1. The Bertz CT molecular complexity index is 3010. The third kappa shape index (κ3) is 6.17. The van der Waals surface area contributed by atoms with Gasteiger partial charge < -0.3 is 14.4 Å². The van der Waals surface area contributed by atoms with Crippen LogP contribution in [0.15, 0.2) is 194 Å². The van der Waals surface area contributed by atoms with Crippen molar-refractivity contribution < 1.29 is 0 Å². The van der Waals surface area contributed by atoms with Gasteiger partial charge in [0.2, 0.25) is 0 Å². The van der Waals surface area contributed by atoms with Crippen LogP contribution >= 0.6 is 0 Å². The van der Waals surface area contributed by atoms with Crippen LogP contribution in [0.3, 0.4) is 0 Å². The van der Waals surface area contributed by atoms with Gasteiger partial charge in [0.25, 0.3) is 0 Å². The van der Waals surface area contributed by atoms with Gasteiger partial charge in [-0.25, -0.2) is 0 Å². The maximum Gasteiger partial charge on any atom is 0.0561 e. The molecule has 3 aliphatic rings. The first-order valence-corrected chi connectivity index (χ1v) is 22.9. The molecule has 9 aromatic rings. The van der Waals surface area contributed by atoms with Gasteiger partial charge in [-0.2, -0.15) is 0 Å². The molecule has 3 aliphatic carbocycles. The van der Waals surface area contributed by atoms with Crippen LogP contribution in [0.1, 0.15) is 78.7 Å². The van der Waals surface area contributed by atoms with E-state index in [0.29, 0.717) is 5.92 Å². The van der Waals surface area contributed by atoms with Gasteiger partial charge in [-0.05, 0) is 163 Å². The van der Waals surface area contributed by atoms with Crippen LogP contribution in [0.25, 0.3) is 27.5 Å². The fourth-order valence-corrected chi connectivity index (χ4v) is 11.6. The van der Waals surface area contributed by atoms with E-state index in [2.05, 4.69) is 208 Å². The van der Waals surface area contributed by atoms with E-state index in [1.807, 2.05) is 0 Å². The van der Waals surface area contributed by atoms with Gasteiger partial charge >= 0.3 is 0 Å². The van der Waals surface area contributed by atoms with Gasteiger partial charge in [-0.1, -0.05) is 122 Å². The highest BCUT2D eigenvalue weighted by molar-refractivity contribution is 6.10. The number of rotatable bonds is 8. The highest BCUT2D eigenvalue weighted by Gasteiger charge is 2.45. The molecule has 1 saturated carbocycles. The van der Waals surface area contributed by atoms with Gasteiger partial charge in [0.15, 0.2) is 0 Å². The minimum Gasteiger partial charge on any atom is -0.310 e. The summed E-state index contributed by atoms with van der Waals surface area (Å²) in [6.07, 6.45) is 11.1. The first-order valence-electron chi connectivity index (χ1n) is 22.9. The largest absolute Gasteiger partial charge is 0.310 e. The summed E-state index contributed by atoms with van der Waals surface area (Å²) < 4.78 is 2.44. The zero-order valence-electron chi connectivity index (χ0n) is 35.3. The number of aryl methyl sites for hydroxylation is 2. The maximum atomic E-state index is 2.57. The number of nitrogens with zero attached hydrogens (tertiary/aromatic N) is 3. The predicted octanol–water partition coefficient (Wildman–Crippen LogP) is 15.9. The maximum absolute atomic E-state index is 2.57. The molecule has 0 saturated heterocycles. The molecule has 62 heavy (non-hydrogen) atoms. The number of fused-ring (bicyclic) bond motifs is 7. The summed E-state index contributed by atoms with van der Waals surface area (Å²) in [5, 5.41) is 2.55. The topological polar surface area (TPSA) is 11.4 Å². The van der Waals surface area contributed by atoms with Crippen molar-refractivity contribution in [3.05, 3.63) is 222 Å². The summed E-state index contributed by atoms with van der Waals surface area (Å²) in [7, 11) is 0. The van der Waals surface area contributed by atoms with Gasteiger partial charge in [-0.3, -0.25) is 0 Å². The lowest BCUT2D eigenvalue weighted by atomic mass is 9.76.